The van der Waals surface area contributed by atoms with Crippen LogP contribution >= 0.6 is 12.2 Å². The van der Waals surface area contributed by atoms with Gasteiger partial charge in [-0.2, -0.15) is 5.10 Å². The van der Waals surface area contributed by atoms with Gasteiger partial charge in [-0.15, -0.1) is 0 Å². The number of aliphatic hydroxyl groups is 1. The van der Waals surface area contributed by atoms with Gasteiger partial charge >= 0.3 is 0 Å². The first-order valence-electron chi connectivity index (χ1n) is 6.92. The van der Waals surface area contributed by atoms with Crippen LogP contribution in [0.4, 0.5) is 8.78 Å². The summed E-state index contributed by atoms with van der Waals surface area (Å²) in [6, 6.07) is 2.30. The molecule has 0 aliphatic carbocycles. The number of aromatic nitrogens is 3. The fraction of sp³-hybridized carbons (Fsp3) is 0.429. The Bertz CT molecular complexity index is 771. The van der Waals surface area contributed by atoms with Crippen molar-refractivity contribution in [2.24, 2.45) is 7.05 Å². The highest BCUT2D eigenvalue weighted by atomic mass is 32.1. The fourth-order valence-electron chi connectivity index (χ4n) is 2.74. The first-order chi connectivity index (χ1) is 10.5. The second-order valence-electron chi connectivity index (χ2n) is 5.38. The molecule has 8 heteroatoms. The van der Waals surface area contributed by atoms with E-state index in [4.69, 9.17) is 12.2 Å². The summed E-state index contributed by atoms with van der Waals surface area (Å²) in [4.78, 5) is 2.02. The number of rotatable bonds is 3. The molecule has 1 N–H and O–H groups in total. The predicted octanol–water partition coefficient (Wildman–Crippen LogP) is 1.74. The summed E-state index contributed by atoms with van der Waals surface area (Å²) in [5.74, 6) is -0.554. The largest absolute Gasteiger partial charge is 0.388 e. The van der Waals surface area contributed by atoms with Crippen molar-refractivity contribution < 1.29 is 13.9 Å². The van der Waals surface area contributed by atoms with Gasteiger partial charge in [-0.1, -0.05) is 0 Å². The van der Waals surface area contributed by atoms with Crippen LogP contribution in [0.1, 0.15) is 17.0 Å². The molecule has 22 heavy (non-hydrogen) atoms. The fourth-order valence-corrected chi connectivity index (χ4v) is 2.94. The van der Waals surface area contributed by atoms with E-state index in [-0.39, 0.29) is 6.61 Å². The molecule has 2 aromatic rings. The molecule has 2 heterocycles. The van der Waals surface area contributed by atoms with E-state index in [1.54, 1.807) is 16.3 Å². The highest BCUT2D eigenvalue weighted by molar-refractivity contribution is 7.71. The summed E-state index contributed by atoms with van der Waals surface area (Å²) < 4.78 is 30.8. The number of nitrogens with zero attached hydrogens (tertiary/aromatic N) is 4. The highest BCUT2D eigenvalue weighted by Crippen LogP contribution is 2.23. The Balaban J connectivity index is 1.82. The van der Waals surface area contributed by atoms with Gasteiger partial charge in [0.2, 0.25) is 0 Å². The summed E-state index contributed by atoms with van der Waals surface area (Å²) in [7, 11) is 1.74. The van der Waals surface area contributed by atoms with Crippen LogP contribution < -0.4 is 0 Å². The van der Waals surface area contributed by atoms with Crippen LogP contribution in [0.15, 0.2) is 12.1 Å². The topological polar surface area (TPSA) is 46.2 Å². The van der Waals surface area contributed by atoms with Gasteiger partial charge in [0.05, 0.1) is 6.67 Å². The Labute approximate surface area is 131 Å². The van der Waals surface area contributed by atoms with Crippen LogP contribution in [-0.2, 0) is 33.3 Å². The predicted molar refractivity (Wildman–Crippen MR) is 78.4 cm³/mol. The highest BCUT2D eigenvalue weighted by Gasteiger charge is 2.21. The van der Waals surface area contributed by atoms with Crippen molar-refractivity contribution in [3.05, 3.63) is 45.5 Å². The van der Waals surface area contributed by atoms with Crippen molar-refractivity contribution in [3.63, 3.8) is 0 Å². The number of aliphatic hydroxyl groups excluding tert-OH is 1. The van der Waals surface area contributed by atoms with E-state index in [1.165, 1.54) is 6.07 Å². The van der Waals surface area contributed by atoms with Crippen LogP contribution in [0.3, 0.4) is 0 Å². The third-order valence-electron chi connectivity index (χ3n) is 3.93. The van der Waals surface area contributed by atoms with Crippen LogP contribution in [-0.4, -0.2) is 30.9 Å². The Morgan fingerprint density at radius 3 is 2.82 bits per heavy atom. The number of benzene rings is 1. The second kappa shape index (κ2) is 5.86. The van der Waals surface area contributed by atoms with E-state index in [2.05, 4.69) is 5.10 Å². The van der Waals surface area contributed by atoms with Crippen molar-refractivity contribution >= 4 is 12.2 Å². The minimum atomic E-state index is -0.560. The molecule has 0 spiro atoms. The van der Waals surface area contributed by atoms with Crippen molar-refractivity contribution in [1.29, 1.82) is 0 Å². The summed E-state index contributed by atoms with van der Waals surface area (Å²) in [6.45, 7) is 1.32. The molecule has 1 aliphatic heterocycles. The molecule has 0 saturated heterocycles. The summed E-state index contributed by atoms with van der Waals surface area (Å²) >= 11 is 5.27. The van der Waals surface area contributed by atoms with Crippen LogP contribution in [0, 0.1) is 16.4 Å². The number of halogens is 2. The molecule has 0 atom stereocenters. The van der Waals surface area contributed by atoms with E-state index in [0.717, 1.165) is 6.07 Å². The average Bonchev–Trinajstić information content (AvgIpc) is 2.74. The van der Waals surface area contributed by atoms with Gasteiger partial charge in [-0.3, -0.25) is 4.90 Å². The first-order valence-corrected chi connectivity index (χ1v) is 7.33. The lowest BCUT2D eigenvalue weighted by molar-refractivity contribution is 0.184. The van der Waals surface area contributed by atoms with E-state index in [0.29, 0.717) is 47.9 Å². The van der Waals surface area contributed by atoms with Crippen molar-refractivity contribution in [1.82, 2.24) is 19.2 Å². The number of hydrogen-bond donors (Lipinski definition) is 1. The number of fused-ring (bicyclic) bond motifs is 1. The lowest BCUT2D eigenvalue weighted by atomic mass is 9.99. The maximum absolute atomic E-state index is 13.7. The van der Waals surface area contributed by atoms with Crippen molar-refractivity contribution in [2.45, 2.75) is 26.2 Å². The molecule has 1 aromatic carbocycles. The first kappa shape index (κ1) is 15.3. The molecule has 0 bridgehead atoms. The molecular weight excluding hydrogens is 310 g/mol. The molecule has 1 aliphatic rings. The lowest BCUT2D eigenvalue weighted by Gasteiger charge is -2.28. The zero-order chi connectivity index (χ0) is 15.9. The Morgan fingerprint density at radius 1 is 1.36 bits per heavy atom. The molecule has 5 nitrogen and oxygen atoms in total. The molecule has 1 aromatic heterocycles. The van der Waals surface area contributed by atoms with Gasteiger partial charge in [0, 0.05) is 26.2 Å². The lowest BCUT2D eigenvalue weighted by Crippen LogP contribution is -2.33. The maximum Gasteiger partial charge on any atom is 0.198 e. The van der Waals surface area contributed by atoms with Crippen molar-refractivity contribution in [2.75, 3.05) is 6.54 Å². The summed E-state index contributed by atoms with van der Waals surface area (Å²) in [5, 5.41) is 13.5. The molecule has 3 rings (SSSR count). The van der Waals surface area contributed by atoms with Gasteiger partial charge in [0.25, 0.3) is 0 Å². The minimum Gasteiger partial charge on any atom is -0.388 e. The summed E-state index contributed by atoms with van der Waals surface area (Å²) in [5.41, 5.74) is 1.24. The van der Waals surface area contributed by atoms with Gasteiger partial charge in [-0.05, 0) is 35.8 Å². The molecule has 0 amide bonds. The van der Waals surface area contributed by atoms with Crippen LogP contribution in [0.5, 0.6) is 0 Å². The number of hydrogen-bond acceptors (Lipinski definition) is 4. The molecular formula is C14H16F2N4OS. The van der Waals surface area contributed by atoms with E-state index in [1.807, 2.05) is 4.90 Å². The van der Waals surface area contributed by atoms with E-state index >= 15 is 0 Å². The second-order valence-corrected chi connectivity index (χ2v) is 5.75. The zero-order valence-electron chi connectivity index (χ0n) is 12.1. The van der Waals surface area contributed by atoms with Gasteiger partial charge in [0.1, 0.15) is 18.2 Å². The van der Waals surface area contributed by atoms with Crippen LogP contribution in [0.25, 0.3) is 0 Å². The smallest absolute Gasteiger partial charge is 0.198 e. The monoisotopic (exact) mass is 326 g/mol. The normalized spacial score (nSPS) is 15.1. The molecule has 0 unspecified atom stereocenters. The van der Waals surface area contributed by atoms with E-state index in [9.17, 15) is 13.9 Å². The molecule has 0 fully saturated rings. The SMILES string of the molecule is Cn1c(CO)nn(CN2CCc3c(F)cc(F)cc3C2)c1=S. The van der Waals surface area contributed by atoms with Gasteiger partial charge < -0.3 is 9.67 Å². The van der Waals surface area contributed by atoms with Gasteiger partial charge in [0.15, 0.2) is 10.6 Å². The van der Waals surface area contributed by atoms with Gasteiger partial charge in [-0.25, -0.2) is 13.5 Å². The third kappa shape index (κ3) is 2.69. The average molecular weight is 326 g/mol. The summed E-state index contributed by atoms with van der Waals surface area (Å²) in [6.07, 6.45) is 0.522. The zero-order valence-corrected chi connectivity index (χ0v) is 12.9. The molecule has 0 saturated carbocycles. The quantitative estimate of drug-likeness (QED) is 0.873. The Morgan fingerprint density at radius 2 is 2.14 bits per heavy atom. The minimum absolute atomic E-state index is 0.188. The Hall–Kier alpha value is -1.64. The van der Waals surface area contributed by atoms with Crippen LogP contribution in [0.2, 0.25) is 0 Å². The maximum atomic E-state index is 13.7. The Kier molecular flexibility index (Phi) is 4.07. The molecule has 118 valence electrons. The third-order valence-corrected chi connectivity index (χ3v) is 4.42. The standard InChI is InChI=1S/C14H16F2N4OS/c1-18-13(7-21)17-20(14(18)22)8-19-3-2-11-9(6-19)4-10(15)5-12(11)16/h4-5,21H,2-3,6-8H2,1H3. The van der Waals surface area contributed by atoms with E-state index < -0.39 is 11.6 Å². The van der Waals surface area contributed by atoms with Crippen molar-refractivity contribution in [3.8, 4) is 0 Å². The molecule has 0 radical (unpaired) electrons.